The van der Waals surface area contributed by atoms with Crippen LogP contribution in [0.25, 0.3) is 0 Å². The van der Waals surface area contributed by atoms with E-state index in [9.17, 15) is 0 Å². The molecule has 0 unspecified atom stereocenters. The van der Waals surface area contributed by atoms with Gasteiger partial charge in [0.25, 0.3) is 0 Å². The van der Waals surface area contributed by atoms with E-state index in [4.69, 9.17) is 0 Å². The smallest absolute Gasteiger partial charge is 0.165 e. The van der Waals surface area contributed by atoms with Gasteiger partial charge in [0.1, 0.15) is 0 Å². The van der Waals surface area contributed by atoms with E-state index in [2.05, 4.69) is 22.9 Å². The predicted octanol–water partition coefficient (Wildman–Crippen LogP) is 0.328. The van der Waals surface area contributed by atoms with Gasteiger partial charge in [-0.1, -0.05) is 0 Å². The van der Waals surface area contributed by atoms with Crippen molar-refractivity contribution in [3.05, 3.63) is 0 Å². The fourth-order valence-electron chi connectivity index (χ4n) is 0.125. The normalized spacial score (nSPS) is 6.00. The lowest BCUT2D eigenvalue weighted by Gasteiger charge is -1.95. The Balaban J connectivity index is 0. The minimum atomic E-state index is 0. The Labute approximate surface area is 66.1 Å². The number of hydrogen-bond acceptors (Lipinski definition) is 1. The van der Waals surface area contributed by atoms with Crippen LogP contribution < -0.4 is 10.6 Å². The minimum Gasteiger partial charge on any atom is -0.366 e. The molecule has 0 spiro atoms. The third-order valence-corrected chi connectivity index (χ3v) is 0.862. The Bertz CT molecular complexity index is 50.9. The molecule has 4 heteroatoms. The summed E-state index contributed by atoms with van der Waals surface area (Å²) in [4.78, 5) is 0. The Morgan fingerprint density at radius 3 is 1.57 bits per heavy atom. The second-order valence-electron chi connectivity index (χ2n) is 0.829. The first-order valence-corrected chi connectivity index (χ1v) is 2.11. The highest BCUT2D eigenvalue weighted by Gasteiger charge is 1.75. The van der Waals surface area contributed by atoms with Gasteiger partial charge in [-0.15, -0.1) is 24.0 Å². The molecule has 0 amide bonds. The zero-order chi connectivity index (χ0) is 4.99. The number of nitrogens with one attached hydrogen (secondary N) is 2. The van der Waals surface area contributed by atoms with Crippen LogP contribution in [0.5, 0.6) is 0 Å². The average molecular weight is 232 g/mol. The molecule has 0 bridgehead atoms. The fourth-order valence-corrected chi connectivity index (χ4v) is 0.125. The second-order valence-corrected chi connectivity index (χ2v) is 1.24. The summed E-state index contributed by atoms with van der Waals surface area (Å²) in [6.45, 7) is 0. The van der Waals surface area contributed by atoms with Crippen LogP contribution in [0.4, 0.5) is 0 Å². The minimum absolute atomic E-state index is 0. The lowest BCUT2D eigenvalue weighted by molar-refractivity contribution is 1.06. The molecule has 0 aromatic carbocycles. The molecule has 0 radical (unpaired) electrons. The van der Waals surface area contributed by atoms with E-state index in [1.165, 1.54) is 0 Å². The summed E-state index contributed by atoms with van der Waals surface area (Å²) in [7, 11) is 3.55. The topological polar surface area (TPSA) is 24.1 Å². The Morgan fingerprint density at radius 1 is 1.29 bits per heavy atom. The van der Waals surface area contributed by atoms with E-state index in [0.29, 0.717) is 5.11 Å². The van der Waals surface area contributed by atoms with Crippen molar-refractivity contribution in [2.45, 2.75) is 0 Å². The molecule has 0 heterocycles. The maximum absolute atomic E-state index is 4.63. The summed E-state index contributed by atoms with van der Waals surface area (Å²) in [5, 5.41) is 6.15. The largest absolute Gasteiger partial charge is 0.366 e. The van der Waals surface area contributed by atoms with Crippen LogP contribution in [0.1, 0.15) is 0 Å². The first kappa shape index (κ1) is 10.4. The Hall–Kier alpha value is 0.420. The second kappa shape index (κ2) is 6.42. The zero-order valence-electron chi connectivity index (χ0n) is 4.32. The first-order valence-electron chi connectivity index (χ1n) is 1.70. The molecule has 0 aromatic rings. The van der Waals surface area contributed by atoms with Gasteiger partial charge in [0.2, 0.25) is 0 Å². The molecular formula is C3H9IN2S. The molecule has 0 atom stereocenters. The molecule has 0 fully saturated rings. The quantitative estimate of drug-likeness (QED) is 0.465. The molecule has 0 aliphatic heterocycles. The maximum Gasteiger partial charge on any atom is 0.165 e. The van der Waals surface area contributed by atoms with Gasteiger partial charge < -0.3 is 10.6 Å². The van der Waals surface area contributed by atoms with Gasteiger partial charge in [-0.25, -0.2) is 0 Å². The molecule has 0 saturated heterocycles. The van der Waals surface area contributed by atoms with Crippen LogP contribution >= 0.6 is 36.2 Å². The summed E-state index contributed by atoms with van der Waals surface area (Å²) in [6, 6.07) is 0. The van der Waals surface area contributed by atoms with E-state index in [1.54, 1.807) is 14.1 Å². The van der Waals surface area contributed by atoms with E-state index >= 15 is 0 Å². The first-order chi connectivity index (χ1) is 2.81. The number of halogens is 1. The lowest BCUT2D eigenvalue weighted by atomic mass is 11.0. The average Bonchev–Trinajstić information content (AvgIpc) is 1.65. The zero-order valence-corrected chi connectivity index (χ0v) is 7.46. The standard InChI is InChI=1S/C3H8N2S.HI/c1-4-3(6)5-2;/h1-2H3,(H2,4,5,6);1H. The third-order valence-electron chi connectivity index (χ3n) is 0.454. The predicted molar refractivity (Wildman–Crippen MR) is 46.1 cm³/mol. The highest BCUT2D eigenvalue weighted by atomic mass is 127. The van der Waals surface area contributed by atoms with Crippen molar-refractivity contribution in [3.63, 3.8) is 0 Å². The molecule has 0 saturated carbocycles. The summed E-state index contributed by atoms with van der Waals surface area (Å²) in [5.41, 5.74) is 0. The van der Waals surface area contributed by atoms with Gasteiger partial charge in [-0.2, -0.15) is 0 Å². The molecule has 2 nitrogen and oxygen atoms in total. The highest BCUT2D eigenvalue weighted by molar-refractivity contribution is 14.0. The number of thiocarbonyl (C=S) groups is 1. The van der Waals surface area contributed by atoms with Crippen molar-refractivity contribution in [1.82, 2.24) is 10.6 Å². The highest BCUT2D eigenvalue weighted by Crippen LogP contribution is 1.52. The fraction of sp³-hybridized carbons (Fsp3) is 0.667. The van der Waals surface area contributed by atoms with Crippen LogP contribution in [-0.2, 0) is 0 Å². The molecule has 44 valence electrons. The molecule has 0 aliphatic carbocycles. The van der Waals surface area contributed by atoms with Crippen LogP contribution in [0.2, 0.25) is 0 Å². The molecule has 0 aliphatic rings. The summed E-state index contributed by atoms with van der Waals surface area (Å²) >= 11 is 4.63. The van der Waals surface area contributed by atoms with Gasteiger partial charge in [-0.3, -0.25) is 0 Å². The number of hydrogen-bond donors (Lipinski definition) is 2. The SMILES string of the molecule is CNC(=S)NC.I. The van der Waals surface area contributed by atoms with Crippen LogP contribution in [0, 0.1) is 0 Å². The van der Waals surface area contributed by atoms with Crippen molar-refractivity contribution in [1.29, 1.82) is 0 Å². The monoisotopic (exact) mass is 232 g/mol. The van der Waals surface area contributed by atoms with Crippen molar-refractivity contribution in [3.8, 4) is 0 Å². The van der Waals surface area contributed by atoms with Crippen LogP contribution in [-0.4, -0.2) is 19.2 Å². The maximum atomic E-state index is 4.63. The third kappa shape index (κ3) is 6.42. The molecule has 7 heavy (non-hydrogen) atoms. The van der Waals surface area contributed by atoms with E-state index in [0.717, 1.165) is 0 Å². The van der Waals surface area contributed by atoms with Crippen LogP contribution in [0.3, 0.4) is 0 Å². The lowest BCUT2D eigenvalue weighted by Crippen LogP contribution is -2.28. The van der Waals surface area contributed by atoms with Gasteiger partial charge in [0, 0.05) is 14.1 Å². The van der Waals surface area contributed by atoms with E-state index in [-0.39, 0.29) is 24.0 Å². The van der Waals surface area contributed by atoms with Crippen molar-refractivity contribution in [2.75, 3.05) is 14.1 Å². The van der Waals surface area contributed by atoms with E-state index < -0.39 is 0 Å². The van der Waals surface area contributed by atoms with E-state index in [1.807, 2.05) is 0 Å². The summed E-state index contributed by atoms with van der Waals surface area (Å²) in [5.74, 6) is 0. The molecule has 2 N–H and O–H groups in total. The summed E-state index contributed by atoms with van der Waals surface area (Å²) < 4.78 is 0. The molecule has 0 rings (SSSR count). The molecule has 0 aromatic heterocycles. The van der Waals surface area contributed by atoms with Gasteiger partial charge >= 0.3 is 0 Å². The van der Waals surface area contributed by atoms with Crippen LogP contribution in [0.15, 0.2) is 0 Å². The van der Waals surface area contributed by atoms with Crippen molar-refractivity contribution in [2.24, 2.45) is 0 Å². The Kier molecular flexibility index (Phi) is 9.55. The van der Waals surface area contributed by atoms with Crippen molar-refractivity contribution < 1.29 is 0 Å². The van der Waals surface area contributed by atoms with Crippen molar-refractivity contribution >= 4 is 41.3 Å². The van der Waals surface area contributed by atoms with Gasteiger partial charge in [0.15, 0.2) is 5.11 Å². The molecular weight excluding hydrogens is 223 g/mol. The summed E-state index contributed by atoms with van der Waals surface area (Å²) in [6.07, 6.45) is 0. The van der Waals surface area contributed by atoms with Gasteiger partial charge in [0.05, 0.1) is 0 Å². The van der Waals surface area contributed by atoms with Gasteiger partial charge in [-0.05, 0) is 12.2 Å². The number of rotatable bonds is 0. The Morgan fingerprint density at radius 2 is 1.57 bits per heavy atom.